The third-order valence-electron chi connectivity index (χ3n) is 6.24. The molecule has 1 aliphatic carbocycles. The van der Waals surface area contributed by atoms with Crippen molar-refractivity contribution in [3.63, 3.8) is 0 Å². The molecule has 2 fully saturated rings. The van der Waals surface area contributed by atoms with Gasteiger partial charge in [-0.2, -0.15) is 0 Å². The smallest absolute Gasteiger partial charge is 0.255 e. The van der Waals surface area contributed by atoms with Crippen molar-refractivity contribution in [1.29, 1.82) is 0 Å². The summed E-state index contributed by atoms with van der Waals surface area (Å²) >= 11 is 0. The fourth-order valence-electron chi connectivity index (χ4n) is 4.50. The van der Waals surface area contributed by atoms with Crippen LogP contribution in [0.25, 0.3) is 0 Å². The molecule has 1 saturated carbocycles. The second kappa shape index (κ2) is 7.54. The van der Waals surface area contributed by atoms with Gasteiger partial charge in [0.1, 0.15) is 17.9 Å². The minimum atomic E-state index is -0.583. The van der Waals surface area contributed by atoms with E-state index in [0.717, 1.165) is 37.2 Å². The largest absolute Gasteiger partial charge is 0.489 e. The Morgan fingerprint density at radius 2 is 1.93 bits per heavy atom. The van der Waals surface area contributed by atoms with Crippen molar-refractivity contribution in [3.05, 3.63) is 29.3 Å². The van der Waals surface area contributed by atoms with Gasteiger partial charge < -0.3 is 9.64 Å². The molecule has 3 aliphatic rings. The Kier molecular flexibility index (Phi) is 5.10. The number of nitrogens with one attached hydrogen (secondary N) is 1. The van der Waals surface area contributed by atoms with Crippen molar-refractivity contribution in [2.45, 2.75) is 64.3 Å². The molecular weight excluding hydrogens is 358 g/mol. The first-order valence-corrected chi connectivity index (χ1v) is 10.2. The highest BCUT2D eigenvalue weighted by Gasteiger charge is 2.40. The van der Waals surface area contributed by atoms with E-state index in [2.05, 4.69) is 24.1 Å². The zero-order chi connectivity index (χ0) is 19.8. The van der Waals surface area contributed by atoms with Crippen LogP contribution in [0.4, 0.5) is 0 Å². The molecule has 1 saturated heterocycles. The molecule has 2 aliphatic heterocycles. The molecule has 0 radical (unpaired) electrons. The number of amides is 3. The van der Waals surface area contributed by atoms with Gasteiger partial charge in [0.05, 0.1) is 0 Å². The standard InChI is InChI=1S/C21H27N3O4/c1-3-23(4-2)16-7-9-18(16)28-14-5-6-15-13(11-14)12-24(21(15)27)17-8-10-19(25)22-20(17)26/h5-6,11,16-18H,3-4,7-10,12H2,1-2H3,(H,22,25,26)/t16-,17?,18+/m0/s1. The lowest BCUT2D eigenvalue weighted by Gasteiger charge is -2.43. The van der Waals surface area contributed by atoms with Crippen LogP contribution < -0.4 is 10.1 Å². The molecule has 1 unspecified atom stereocenters. The molecule has 0 bridgehead atoms. The van der Waals surface area contributed by atoms with E-state index < -0.39 is 6.04 Å². The Bertz CT molecular complexity index is 805. The topological polar surface area (TPSA) is 79.0 Å². The number of imide groups is 1. The Morgan fingerprint density at radius 1 is 1.14 bits per heavy atom. The number of carbonyl (C=O) groups excluding carboxylic acids is 3. The van der Waals surface area contributed by atoms with Crippen LogP contribution in [0, 0.1) is 0 Å². The first kappa shape index (κ1) is 18.9. The lowest BCUT2D eigenvalue weighted by molar-refractivity contribution is -0.136. The molecule has 3 amide bonds. The SMILES string of the molecule is CCN(CC)[C@H]1CC[C@H]1Oc1ccc2c(c1)CN(C1CCC(=O)NC1=O)C2=O. The van der Waals surface area contributed by atoms with Gasteiger partial charge in [0, 0.05) is 24.6 Å². The molecule has 28 heavy (non-hydrogen) atoms. The summed E-state index contributed by atoms with van der Waals surface area (Å²) in [5.41, 5.74) is 1.50. The molecule has 1 aromatic carbocycles. The van der Waals surface area contributed by atoms with E-state index in [1.54, 1.807) is 11.0 Å². The molecule has 3 atom stereocenters. The van der Waals surface area contributed by atoms with Crippen molar-refractivity contribution < 1.29 is 19.1 Å². The van der Waals surface area contributed by atoms with E-state index in [-0.39, 0.29) is 30.2 Å². The van der Waals surface area contributed by atoms with Gasteiger partial charge in [-0.25, -0.2) is 0 Å². The van der Waals surface area contributed by atoms with Crippen molar-refractivity contribution in [3.8, 4) is 5.75 Å². The van der Waals surface area contributed by atoms with Crippen molar-refractivity contribution >= 4 is 17.7 Å². The summed E-state index contributed by atoms with van der Waals surface area (Å²) in [5, 5.41) is 2.33. The fraction of sp³-hybridized carbons (Fsp3) is 0.571. The predicted octanol–water partition coefficient (Wildman–Crippen LogP) is 1.70. The van der Waals surface area contributed by atoms with Crippen LogP contribution in [0.5, 0.6) is 5.75 Å². The fourth-order valence-corrected chi connectivity index (χ4v) is 4.50. The summed E-state index contributed by atoms with van der Waals surface area (Å²) in [6, 6.07) is 5.44. The predicted molar refractivity (Wildman–Crippen MR) is 103 cm³/mol. The molecule has 4 rings (SSSR count). The molecule has 1 aromatic rings. The van der Waals surface area contributed by atoms with Crippen LogP contribution in [0.15, 0.2) is 18.2 Å². The maximum absolute atomic E-state index is 12.8. The zero-order valence-electron chi connectivity index (χ0n) is 16.4. The van der Waals surface area contributed by atoms with Gasteiger partial charge >= 0.3 is 0 Å². The van der Waals surface area contributed by atoms with Gasteiger partial charge in [-0.3, -0.25) is 24.6 Å². The summed E-state index contributed by atoms with van der Waals surface area (Å²) < 4.78 is 6.23. The lowest BCUT2D eigenvalue weighted by atomic mass is 9.87. The van der Waals surface area contributed by atoms with E-state index in [1.807, 2.05) is 12.1 Å². The highest BCUT2D eigenvalue weighted by atomic mass is 16.5. The Morgan fingerprint density at radius 3 is 2.57 bits per heavy atom. The number of piperidine rings is 1. The molecule has 7 nitrogen and oxygen atoms in total. The van der Waals surface area contributed by atoms with Crippen molar-refractivity contribution in [1.82, 2.24) is 15.1 Å². The number of carbonyl (C=O) groups is 3. The third-order valence-corrected chi connectivity index (χ3v) is 6.24. The Balaban J connectivity index is 1.45. The van der Waals surface area contributed by atoms with Crippen LogP contribution in [0.1, 0.15) is 55.5 Å². The quantitative estimate of drug-likeness (QED) is 0.754. The van der Waals surface area contributed by atoms with E-state index >= 15 is 0 Å². The summed E-state index contributed by atoms with van der Waals surface area (Å²) in [4.78, 5) is 40.3. The first-order valence-electron chi connectivity index (χ1n) is 10.2. The van der Waals surface area contributed by atoms with Crippen LogP contribution in [-0.2, 0) is 16.1 Å². The molecule has 150 valence electrons. The minimum Gasteiger partial charge on any atom is -0.489 e. The van der Waals surface area contributed by atoms with Crippen molar-refractivity contribution in [2.75, 3.05) is 13.1 Å². The Hall–Kier alpha value is -2.41. The second-order valence-electron chi connectivity index (χ2n) is 7.74. The van der Waals surface area contributed by atoms with E-state index in [1.165, 1.54) is 0 Å². The van der Waals surface area contributed by atoms with Gasteiger partial charge in [-0.1, -0.05) is 13.8 Å². The van der Waals surface area contributed by atoms with E-state index in [4.69, 9.17) is 4.74 Å². The highest BCUT2D eigenvalue weighted by molar-refractivity contribution is 6.05. The van der Waals surface area contributed by atoms with Gasteiger partial charge in [0.25, 0.3) is 5.91 Å². The van der Waals surface area contributed by atoms with Crippen LogP contribution >= 0.6 is 0 Å². The molecule has 2 heterocycles. The number of hydrogen-bond acceptors (Lipinski definition) is 5. The van der Waals surface area contributed by atoms with Gasteiger partial charge in [-0.05, 0) is 56.1 Å². The molecule has 1 N–H and O–H groups in total. The minimum absolute atomic E-state index is 0.152. The lowest BCUT2D eigenvalue weighted by Crippen LogP contribution is -2.53. The summed E-state index contributed by atoms with van der Waals surface area (Å²) in [7, 11) is 0. The normalized spacial score (nSPS) is 26.9. The highest BCUT2D eigenvalue weighted by Crippen LogP contribution is 2.33. The zero-order valence-corrected chi connectivity index (χ0v) is 16.4. The average Bonchev–Trinajstić information content (AvgIpc) is 2.99. The number of rotatable bonds is 6. The van der Waals surface area contributed by atoms with Gasteiger partial charge in [0.2, 0.25) is 11.8 Å². The number of ether oxygens (including phenoxy) is 1. The molecular formula is C21H27N3O4. The van der Waals surface area contributed by atoms with Crippen molar-refractivity contribution in [2.24, 2.45) is 0 Å². The molecule has 7 heteroatoms. The van der Waals surface area contributed by atoms with Crippen LogP contribution in [-0.4, -0.2) is 58.8 Å². The maximum Gasteiger partial charge on any atom is 0.255 e. The monoisotopic (exact) mass is 385 g/mol. The summed E-state index contributed by atoms with van der Waals surface area (Å²) in [6.45, 7) is 6.75. The third kappa shape index (κ3) is 3.28. The number of likely N-dealkylation sites (N-methyl/N-ethyl adjacent to an activating group) is 1. The molecule has 0 aromatic heterocycles. The van der Waals surface area contributed by atoms with Gasteiger partial charge in [-0.15, -0.1) is 0 Å². The van der Waals surface area contributed by atoms with Crippen LogP contribution in [0.2, 0.25) is 0 Å². The number of benzene rings is 1. The van der Waals surface area contributed by atoms with E-state index in [0.29, 0.717) is 24.6 Å². The van der Waals surface area contributed by atoms with Crippen LogP contribution in [0.3, 0.4) is 0 Å². The number of nitrogens with zero attached hydrogens (tertiary/aromatic N) is 2. The summed E-state index contributed by atoms with van der Waals surface area (Å²) in [5.74, 6) is -0.0333. The number of fused-ring (bicyclic) bond motifs is 1. The second-order valence-corrected chi connectivity index (χ2v) is 7.74. The molecule has 0 spiro atoms. The first-order chi connectivity index (χ1) is 13.5. The average molecular weight is 385 g/mol. The van der Waals surface area contributed by atoms with Gasteiger partial charge in [0.15, 0.2) is 0 Å². The van der Waals surface area contributed by atoms with E-state index in [9.17, 15) is 14.4 Å². The number of hydrogen-bond donors (Lipinski definition) is 1. The Labute approximate surface area is 165 Å². The summed E-state index contributed by atoms with van der Waals surface area (Å²) in [6.07, 6.45) is 3.01. The maximum atomic E-state index is 12.8.